The van der Waals surface area contributed by atoms with E-state index >= 15 is 0 Å². The van der Waals surface area contributed by atoms with Gasteiger partial charge in [-0.2, -0.15) is 0 Å². The molecule has 1 aromatic rings. The average Bonchev–Trinajstić information content (AvgIpc) is 2.95. The molecule has 0 spiro atoms. The molecule has 104 valence electrons. The maximum atomic E-state index is 5.99. The molecule has 0 amide bonds. The molecule has 0 bridgehead atoms. The van der Waals surface area contributed by atoms with Gasteiger partial charge in [-0.25, -0.2) is 0 Å². The molecule has 2 heteroatoms. The Morgan fingerprint density at radius 2 is 2.16 bits per heavy atom. The molecule has 3 rings (SSSR count). The standard InChI is InChI=1S/C17H25NO/c1-12-3-5-14(7-12)10-18-11-16-9-15-8-13(2)4-6-17(15)19-16/h4,6,8,12,14,16,18H,3,5,7,9-11H2,1-2H3. The fourth-order valence-corrected chi connectivity index (χ4v) is 3.52. The van der Waals surface area contributed by atoms with Gasteiger partial charge in [-0.1, -0.05) is 31.0 Å². The summed E-state index contributed by atoms with van der Waals surface area (Å²) in [6.45, 7) is 6.67. The molecule has 19 heavy (non-hydrogen) atoms. The van der Waals surface area contributed by atoms with Crippen molar-refractivity contribution in [2.24, 2.45) is 11.8 Å². The molecule has 0 radical (unpaired) electrons. The molecule has 3 unspecified atom stereocenters. The van der Waals surface area contributed by atoms with Crippen LogP contribution in [-0.4, -0.2) is 19.2 Å². The van der Waals surface area contributed by atoms with E-state index in [9.17, 15) is 0 Å². The lowest BCUT2D eigenvalue weighted by atomic mass is 10.1. The lowest BCUT2D eigenvalue weighted by Gasteiger charge is -2.15. The van der Waals surface area contributed by atoms with Crippen molar-refractivity contribution in [1.29, 1.82) is 0 Å². The molecule has 0 saturated heterocycles. The lowest BCUT2D eigenvalue weighted by Crippen LogP contribution is -2.32. The van der Waals surface area contributed by atoms with Gasteiger partial charge in [-0.15, -0.1) is 0 Å². The van der Waals surface area contributed by atoms with Crippen molar-refractivity contribution in [2.45, 2.75) is 45.6 Å². The number of benzene rings is 1. The Labute approximate surface area is 116 Å². The van der Waals surface area contributed by atoms with Crippen LogP contribution in [0, 0.1) is 18.8 Å². The Bertz CT molecular complexity index is 443. The molecular weight excluding hydrogens is 234 g/mol. The molecular formula is C17H25NO. The molecule has 1 fully saturated rings. The third-order valence-electron chi connectivity index (χ3n) is 4.57. The van der Waals surface area contributed by atoms with E-state index in [1.54, 1.807) is 0 Å². The first kappa shape index (κ1) is 13.0. The van der Waals surface area contributed by atoms with Crippen molar-refractivity contribution in [3.05, 3.63) is 29.3 Å². The van der Waals surface area contributed by atoms with E-state index in [1.807, 2.05) is 0 Å². The number of hydrogen-bond donors (Lipinski definition) is 1. The van der Waals surface area contributed by atoms with Gasteiger partial charge >= 0.3 is 0 Å². The van der Waals surface area contributed by atoms with Crippen molar-refractivity contribution in [3.63, 3.8) is 0 Å². The van der Waals surface area contributed by atoms with Crippen LogP contribution in [0.3, 0.4) is 0 Å². The van der Waals surface area contributed by atoms with E-state index in [4.69, 9.17) is 4.74 Å². The highest BCUT2D eigenvalue weighted by Crippen LogP contribution is 2.31. The molecule has 1 aliphatic carbocycles. The van der Waals surface area contributed by atoms with Gasteiger partial charge in [-0.05, 0) is 49.8 Å². The number of fused-ring (bicyclic) bond motifs is 1. The second-order valence-electron chi connectivity index (χ2n) is 6.50. The van der Waals surface area contributed by atoms with E-state index in [1.165, 1.54) is 36.9 Å². The van der Waals surface area contributed by atoms with E-state index in [-0.39, 0.29) is 0 Å². The summed E-state index contributed by atoms with van der Waals surface area (Å²) in [5.41, 5.74) is 2.71. The maximum Gasteiger partial charge on any atom is 0.123 e. The first-order valence-electron chi connectivity index (χ1n) is 7.67. The topological polar surface area (TPSA) is 21.3 Å². The van der Waals surface area contributed by atoms with Crippen molar-refractivity contribution >= 4 is 0 Å². The van der Waals surface area contributed by atoms with Gasteiger partial charge in [0.1, 0.15) is 11.9 Å². The highest BCUT2D eigenvalue weighted by Gasteiger charge is 2.24. The number of ether oxygens (including phenoxy) is 1. The number of aryl methyl sites for hydroxylation is 1. The zero-order valence-electron chi connectivity index (χ0n) is 12.1. The maximum absolute atomic E-state index is 5.99. The highest BCUT2D eigenvalue weighted by atomic mass is 16.5. The molecule has 1 aliphatic heterocycles. The quantitative estimate of drug-likeness (QED) is 0.895. The molecule has 3 atom stereocenters. The summed E-state index contributed by atoms with van der Waals surface area (Å²) in [7, 11) is 0. The summed E-state index contributed by atoms with van der Waals surface area (Å²) >= 11 is 0. The zero-order chi connectivity index (χ0) is 13.2. The van der Waals surface area contributed by atoms with Crippen molar-refractivity contribution in [1.82, 2.24) is 5.32 Å². The average molecular weight is 259 g/mol. The molecule has 1 heterocycles. The fourth-order valence-electron chi connectivity index (χ4n) is 3.52. The Morgan fingerprint density at radius 1 is 1.26 bits per heavy atom. The molecule has 2 nitrogen and oxygen atoms in total. The largest absolute Gasteiger partial charge is 0.488 e. The summed E-state index contributed by atoms with van der Waals surface area (Å²) < 4.78 is 5.99. The first-order valence-corrected chi connectivity index (χ1v) is 7.67. The summed E-state index contributed by atoms with van der Waals surface area (Å²) in [6.07, 6.45) is 5.61. The Balaban J connectivity index is 1.43. The first-order chi connectivity index (χ1) is 9.20. The van der Waals surface area contributed by atoms with E-state index in [0.717, 1.165) is 30.6 Å². The molecule has 0 aromatic heterocycles. The van der Waals surface area contributed by atoms with Crippen molar-refractivity contribution in [3.8, 4) is 5.75 Å². The van der Waals surface area contributed by atoms with Crippen LogP contribution in [-0.2, 0) is 6.42 Å². The molecule has 1 N–H and O–H groups in total. The Kier molecular flexibility index (Phi) is 3.79. The third-order valence-corrected chi connectivity index (χ3v) is 4.57. The minimum atomic E-state index is 0.329. The second-order valence-corrected chi connectivity index (χ2v) is 6.50. The summed E-state index contributed by atoms with van der Waals surface area (Å²) in [5, 5.41) is 3.61. The number of hydrogen-bond acceptors (Lipinski definition) is 2. The summed E-state index contributed by atoms with van der Waals surface area (Å²) in [4.78, 5) is 0. The SMILES string of the molecule is Cc1ccc2c(c1)CC(CNCC1CCC(C)C1)O2. The smallest absolute Gasteiger partial charge is 0.123 e. The zero-order valence-corrected chi connectivity index (χ0v) is 12.1. The van der Waals surface area contributed by atoms with Crippen LogP contribution in [0.25, 0.3) is 0 Å². The van der Waals surface area contributed by atoms with Crippen LogP contribution < -0.4 is 10.1 Å². The van der Waals surface area contributed by atoms with Crippen molar-refractivity contribution < 1.29 is 4.74 Å². The van der Waals surface area contributed by atoms with Gasteiger partial charge in [0, 0.05) is 13.0 Å². The van der Waals surface area contributed by atoms with Gasteiger partial charge in [0.25, 0.3) is 0 Å². The third kappa shape index (κ3) is 3.11. The van der Waals surface area contributed by atoms with Gasteiger partial charge < -0.3 is 10.1 Å². The van der Waals surface area contributed by atoms with Crippen LogP contribution in [0.1, 0.15) is 37.3 Å². The van der Waals surface area contributed by atoms with Crippen LogP contribution >= 0.6 is 0 Å². The summed E-state index contributed by atoms with van der Waals surface area (Å²) in [5.74, 6) is 2.91. The Hall–Kier alpha value is -1.02. The highest BCUT2D eigenvalue weighted by molar-refractivity contribution is 5.40. The van der Waals surface area contributed by atoms with Gasteiger partial charge in [0.05, 0.1) is 0 Å². The lowest BCUT2D eigenvalue weighted by molar-refractivity contribution is 0.224. The monoisotopic (exact) mass is 259 g/mol. The second kappa shape index (κ2) is 5.54. The van der Waals surface area contributed by atoms with Crippen LogP contribution in [0.2, 0.25) is 0 Å². The Morgan fingerprint density at radius 3 is 2.95 bits per heavy atom. The predicted octanol–water partition coefficient (Wildman–Crippen LogP) is 3.32. The van der Waals surface area contributed by atoms with Gasteiger partial charge in [-0.3, -0.25) is 0 Å². The van der Waals surface area contributed by atoms with E-state index in [2.05, 4.69) is 37.4 Å². The van der Waals surface area contributed by atoms with Gasteiger partial charge in [0.2, 0.25) is 0 Å². The molecule has 1 aromatic carbocycles. The number of nitrogens with one attached hydrogen (secondary N) is 1. The minimum Gasteiger partial charge on any atom is -0.488 e. The fraction of sp³-hybridized carbons (Fsp3) is 0.647. The van der Waals surface area contributed by atoms with Crippen LogP contribution in [0.15, 0.2) is 18.2 Å². The van der Waals surface area contributed by atoms with Crippen LogP contribution in [0.4, 0.5) is 0 Å². The van der Waals surface area contributed by atoms with Crippen LogP contribution in [0.5, 0.6) is 5.75 Å². The van der Waals surface area contributed by atoms with E-state index in [0.29, 0.717) is 6.10 Å². The van der Waals surface area contributed by atoms with Crippen molar-refractivity contribution in [2.75, 3.05) is 13.1 Å². The molecule has 1 saturated carbocycles. The van der Waals surface area contributed by atoms with E-state index < -0.39 is 0 Å². The predicted molar refractivity (Wildman–Crippen MR) is 78.7 cm³/mol. The summed E-state index contributed by atoms with van der Waals surface area (Å²) in [6, 6.07) is 6.51. The molecule has 2 aliphatic rings. The van der Waals surface area contributed by atoms with Gasteiger partial charge in [0.15, 0.2) is 0 Å². The number of rotatable bonds is 4. The normalized spacial score (nSPS) is 29.3. The minimum absolute atomic E-state index is 0.329.